The first-order valence-electron chi connectivity index (χ1n) is 5.44. The third-order valence-corrected chi connectivity index (χ3v) is 2.50. The molecule has 0 aliphatic heterocycles. The molecule has 1 rings (SSSR count). The molecule has 2 N–H and O–H groups in total. The minimum Gasteiger partial charge on any atom is -0.357 e. The number of aromatic nitrogens is 1. The number of pyridine rings is 1. The van der Waals surface area contributed by atoms with Crippen LogP contribution in [0.5, 0.6) is 0 Å². The lowest BCUT2D eigenvalue weighted by atomic mass is 10.1. The summed E-state index contributed by atoms with van der Waals surface area (Å²) in [5.41, 5.74) is 6.93. The Labute approximate surface area is 92.3 Å². The minimum atomic E-state index is 0.195. The molecule has 84 valence electrons. The first-order chi connectivity index (χ1) is 7.00. The van der Waals surface area contributed by atoms with Crippen molar-refractivity contribution in [1.82, 2.24) is 4.98 Å². The predicted molar refractivity (Wildman–Crippen MR) is 65.1 cm³/mol. The summed E-state index contributed by atoms with van der Waals surface area (Å²) in [5, 5.41) is 0. The Balaban J connectivity index is 2.72. The topological polar surface area (TPSA) is 42.1 Å². The minimum absolute atomic E-state index is 0.195. The maximum atomic E-state index is 5.73. The van der Waals surface area contributed by atoms with Gasteiger partial charge >= 0.3 is 0 Å². The Kier molecular flexibility index (Phi) is 4.09. The lowest BCUT2D eigenvalue weighted by molar-refractivity contribution is 0.727. The van der Waals surface area contributed by atoms with E-state index in [1.54, 1.807) is 0 Å². The lowest BCUT2D eigenvalue weighted by Crippen LogP contribution is -2.26. The lowest BCUT2D eigenvalue weighted by Gasteiger charge is -2.22. The largest absolute Gasteiger partial charge is 0.357 e. The van der Waals surface area contributed by atoms with E-state index in [9.17, 15) is 0 Å². The molecule has 0 amide bonds. The van der Waals surface area contributed by atoms with E-state index in [1.165, 1.54) is 5.56 Å². The van der Waals surface area contributed by atoms with E-state index < -0.39 is 0 Å². The molecular weight excluding hydrogens is 186 g/mol. The molecule has 0 bridgehead atoms. The van der Waals surface area contributed by atoms with Gasteiger partial charge in [-0.1, -0.05) is 6.07 Å². The highest BCUT2D eigenvalue weighted by atomic mass is 15.2. The van der Waals surface area contributed by atoms with Gasteiger partial charge in [-0.3, -0.25) is 0 Å². The number of nitrogens with zero attached hydrogens (tertiary/aromatic N) is 2. The molecule has 1 heterocycles. The van der Waals surface area contributed by atoms with Crippen molar-refractivity contribution in [2.45, 2.75) is 39.3 Å². The predicted octanol–water partition coefficient (Wildman–Crippen LogP) is 1.82. The summed E-state index contributed by atoms with van der Waals surface area (Å²) in [4.78, 5) is 6.57. The summed E-state index contributed by atoms with van der Waals surface area (Å²) >= 11 is 0. The van der Waals surface area contributed by atoms with Crippen LogP contribution in [0, 0.1) is 0 Å². The van der Waals surface area contributed by atoms with E-state index in [1.807, 2.05) is 13.1 Å². The van der Waals surface area contributed by atoms with Gasteiger partial charge in [-0.2, -0.15) is 0 Å². The molecule has 15 heavy (non-hydrogen) atoms. The standard InChI is InChI=1S/C12H21N3/c1-9(2)15(4)12-6-5-11(8-14-12)7-10(3)13/h5-6,8-10H,7,13H2,1-4H3. The summed E-state index contributed by atoms with van der Waals surface area (Å²) in [5.74, 6) is 1.01. The third-order valence-electron chi connectivity index (χ3n) is 2.50. The maximum absolute atomic E-state index is 5.73. The van der Waals surface area contributed by atoms with E-state index in [4.69, 9.17) is 5.73 Å². The molecule has 0 saturated heterocycles. The van der Waals surface area contributed by atoms with Crippen molar-refractivity contribution in [3.8, 4) is 0 Å². The number of hydrogen-bond donors (Lipinski definition) is 1. The monoisotopic (exact) mass is 207 g/mol. The van der Waals surface area contributed by atoms with Crippen molar-refractivity contribution in [3.63, 3.8) is 0 Å². The zero-order chi connectivity index (χ0) is 11.4. The zero-order valence-electron chi connectivity index (χ0n) is 10.1. The molecule has 1 unspecified atom stereocenters. The summed E-state index contributed by atoms with van der Waals surface area (Å²) in [7, 11) is 2.05. The van der Waals surface area contributed by atoms with Gasteiger partial charge in [-0.25, -0.2) is 4.98 Å². The smallest absolute Gasteiger partial charge is 0.128 e. The van der Waals surface area contributed by atoms with Crippen LogP contribution in [0.25, 0.3) is 0 Å². The number of rotatable bonds is 4. The first kappa shape index (κ1) is 12.0. The molecule has 3 heteroatoms. The summed E-state index contributed by atoms with van der Waals surface area (Å²) < 4.78 is 0. The van der Waals surface area contributed by atoms with Gasteiger partial charge in [-0.05, 0) is 38.8 Å². The Bertz CT molecular complexity index is 290. The van der Waals surface area contributed by atoms with Gasteiger partial charge in [0.15, 0.2) is 0 Å². The van der Waals surface area contributed by atoms with E-state index >= 15 is 0 Å². The van der Waals surface area contributed by atoms with Crippen LogP contribution >= 0.6 is 0 Å². The van der Waals surface area contributed by atoms with Crippen molar-refractivity contribution in [2.24, 2.45) is 5.73 Å². The Morgan fingerprint density at radius 1 is 1.33 bits per heavy atom. The molecule has 0 aliphatic carbocycles. The molecule has 1 aromatic rings. The number of nitrogens with two attached hydrogens (primary N) is 1. The molecule has 1 atom stereocenters. The fraction of sp³-hybridized carbons (Fsp3) is 0.583. The highest BCUT2D eigenvalue weighted by Gasteiger charge is 2.06. The van der Waals surface area contributed by atoms with Crippen LogP contribution in [0.15, 0.2) is 18.3 Å². The van der Waals surface area contributed by atoms with Crippen molar-refractivity contribution >= 4 is 5.82 Å². The second-order valence-corrected chi connectivity index (χ2v) is 4.41. The molecule has 0 aliphatic rings. The fourth-order valence-corrected chi connectivity index (χ4v) is 1.38. The third kappa shape index (κ3) is 3.51. The second kappa shape index (κ2) is 5.12. The Hall–Kier alpha value is -1.09. The molecule has 0 radical (unpaired) electrons. The van der Waals surface area contributed by atoms with Crippen LogP contribution in [0.4, 0.5) is 5.82 Å². The highest BCUT2D eigenvalue weighted by Crippen LogP contribution is 2.12. The molecule has 0 aromatic carbocycles. The number of anilines is 1. The molecular formula is C12H21N3. The average Bonchev–Trinajstić information content (AvgIpc) is 2.17. The zero-order valence-corrected chi connectivity index (χ0v) is 10.1. The van der Waals surface area contributed by atoms with Crippen molar-refractivity contribution < 1.29 is 0 Å². The van der Waals surface area contributed by atoms with Crippen LogP contribution < -0.4 is 10.6 Å². The van der Waals surface area contributed by atoms with Crippen LogP contribution in [-0.2, 0) is 6.42 Å². The van der Waals surface area contributed by atoms with E-state index in [-0.39, 0.29) is 6.04 Å². The first-order valence-corrected chi connectivity index (χ1v) is 5.44. The Morgan fingerprint density at radius 2 is 2.00 bits per heavy atom. The van der Waals surface area contributed by atoms with E-state index in [2.05, 4.69) is 42.9 Å². The number of hydrogen-bond acceptors (Lipinski definition) is 3. The quantitative estimate of drug-likeness (QED) is 0.819. The van der Waals surface area contributed by atoms with Gasteiger partial charge in [0.05, 0.1) is 0 Å². The summed E-state index contributed by atoms with van der Waals surface area (Å²) in [6.07, 6.45) is 2.80. The van der Waals surface area contributed by atoms with Crippen LogP contribution in [0.1, 0.15) is 26.3 Å². The van der Waals surface area contributed by atoms with Gasteiger partial charge in [-0.15, -0.1) is 0 Å². The Morgan fingerprint density at radius 3 is 2.40 bits per heavy atom. The fourth-order valence-electron chi connectivity index (χ4n) is 1.38. The van der Waals surface area contributed by atoms with Crippen LogP contribution in [0.2, 0.25) is 0 Å². The van der Waals surface area contributed by atoms with Gasteiger partial charge in [0.1, 0.15) is 5.82 Å². The van der Waals surface area contributed by atoms with E-state index in [0.717, 1.165) is 12.2 Å². The molecule has 3 nitrogen and oxygen atoms in total. The molecule has 0 fully saturated rings. The second-order valence-electron chi connectivity index (χ2n) is 4.41. The summed E-state index contributed by atoms with van der Waals surface area (Å²) in [6, 6.07) is 4.82. The van der Waals surface area contributed by atoms with Gasteiger partial charge in [0, 0.05) is 25.3 Å². The molecule has 0 spiro atoms. The highest BCUT2D eigenvalue weighted by molar-refractivity contribution is 5.39. The average molecular weight is 207 g/mol. The maximum Gasteiger partial charge on any atom is 0.128 e. The van der Waals surface area contributed by atoms with Crippen molar-refractivity contribution in [3.05, 3.63) is 23.9 Å². The molecule has 1 aromatic heterocycles. The van der Waals surface area contributed by atoms with Crippen molar-refractivity contribution in [1.29, 1.82) is 0 Å². The van der Waals surface area contributed by atoms with Gasteiger partial charge < -0.3 is 10.6 Å². The van der Waals surface area contributed by atoms with Gasteiger partial charge in [0.25, 0.3) is 0 Å². The SMILES string of the molecule is CC(N)Cc1ccc(N(C)C(C)C)nc1. The normalized spacial score (nSPS) is 12.9. The van der Waals surface area contributed by atoms with Crippen LogP contribution in [0.3, 0.4) is 0 Å². The van der Waals surface area contributed by atoms with Crippen LogP contribution in [-0.4, -0.2) is 24.1 Å². The van der Waals surface area contributed by atoms with E-state index in [0.29, 0.717) is 6.04 Å². The van der Waals surface area contributed by atoms with Crippen molar-refractivity contribution in [2.75, 3.05) is 11.9 Å². The molecule has 0 saturated carbocycles. The summed E-state index contributed by atoms with van der Waals surface area (Å²) in [6.45, 7) is 6.31. The van der Waals surface area contributed by atoms with Gasteiger partial charge in [0.2, 0.25) is 0 Å².